The number of benzene rings is 2. The quantitative estimate of drug-likeness (QED) is 0.918. The minimum Gasteiger partial charge on any atom is -0.496 e. The van der Waals surface area contributed by atoms with E-state index in [9.17, 15) is 10.4 Å². The van der Waals surface area contributed by atoms with Crippen molar-refractivity contribution in [2.45, 2.75) is 26.4 Å². The van der Waals surface area contributed by atoms with E-state index in [2.05, 4.69) is 6.07 Å². The Kier molecular flexibility index (Phi) is 3.96. The molecule has 20 heavy (non-hydrogen) atoms. The summed E-state index contributed by atoms with van der Waals surface area (Å²) in [5.74, 6) is 0.617. The predicted octanol–water partition coefficient (Wildman–Crippen LogP) is 3.82. The van der Waals surface area contributed by atoms with E-state index in [4.69, 9.17) is 4.74 Å². The molecule has 0 aliphatic rings. The van der Waals surface area contributed by atoms with Crippen LogP contribution in [0.25, 0.3) is 10.8 Å². The molecule has 0 heterocycles. The van der Waals surface area contributed by atoms with Gasteiger partial charge in [-0.15, -0.1) is 0 Å². The summed E-state index contributed by atoms with van der Waals surface area (Å²) in [6.07, 6.45) is -0.324. The summed E-state index contributed by atoms with van der Waals surface area (Å²) in [7, 11) is 1.58. The van der Waals surface area contributed by atoms with Crippen molar-refractivity contribution in [2.75, 3.05) is 7.11 Å². The molecule has 2 aromatic rings. The third-order valence-electron chi connectivity index (χ3n) is 4.02. The normalized spacial score (nSPS) is 15.3. The molecule has 0 amide bonds. The summed E-state index contributed by atoms with van der Waals surface area (Å²) >= 11 is 0. The van der Waals surface area contributed by atoms with Crippen molar-refractivity contribution >= 4 is 10.8 Å². The van der Waals surface area contributed by atoms with Gasteiger partial charge in [0.15, 0.2) is 0 Å². The van der Waals surface area contributed by atoms with Gasteiger partial charge in [-0.1, -0.05) is 37.3 Å². The summed E-state index contributed by atoms with van der Waals surface area (Å²) in [6.45, 7) is 3.68. The number of hydrogen-bond donors (Lipinski definition) is 1. The minimum atomic E-state index is -0.890. The topological polar surface area (TPSA) is 53.2 Å². The molecule has 0 aromatic heterocycles. The van der Waals surface area contributed by atoms with E-state index < -0.39 is 11.5 Å². The Labute approximate surface area is 119 Å². The number of nitriles is 1. The van der Waals surface area contributed by atoms with E-state index >= 15 is 0 Å². The van der Waals surface area contributed by atoms with Gasteiger partial charge in [0, 0.05) is 5.56 Å². The largest absolute Gasteiger partial charge is 0.496 e. The van der Waals surface area contributed by atoms with Crippen molar-refractivity contribution in [3.63, 3.8) is 0 Å². The molecule has 2 atom stereocenters. The average Bonchev–Trinajstić information content (AvgIpc) is 2.52. The molecule has 0 fully saturated rings. The molecular formula is C17H19NO2. The molecule has 3 heteroatoms. The number of fused-ring (bicyclic) bond motifs is 1. The van der Waals surface area contributed by atoms with Gasteiger partial charge in [0.2, 0.25) is 0 Å². The maximum Gasteiger partial charge on any atom is 0.125 e. The second-order valence-electron chi connectivity index (χ2n) is 5.19. The number of hydrogen-bond acceptors (Lipinski definition) is 3. The fourth-order valence-corrected chi connectivity index (χ4v) is 2.39. The lowest BCUT2D eigenvalue weighted by Gasteiger charge is -2.28. The fraction of sp³-hybridized carbons (Fsp3) is 0.353. The Bertz CT molecular complexity index is 660. The molecule has 3 nitrogen and oxygen atoms in total. The molecule has 104 valence electrons. The van der Waals surface area contributed by atoms with Gasteiger partial charge >= 0.3 is 0 Å². The molecule has 0 saturated heterocycles. The third kappa shape index (κ3) is 2.23. The molecule has 0 bridgehead atoms. The van der Waals surface area contributed by atoms with Gasteiger partial charge < -0.3 is 9.84 Å². The van der Waals surface area contributed by atoms with E-state index in [0.29, 0.717) is 17.7 Å². The van der Waals surface area contributed by atoms with E-state index in [1.54, 1.807) is 14.0 Å². The van der Waals surface area contributed by atoms with E-state index in [0.717, 1.165) is 10.8 Å². The first-order chi connectivity index (χ1) is 9.57. The highest BCUT2D eigenvalue weighted by molar-refractivity contribution is 5.88. The van der Waals surface area contributed by atoms with Crippen LogP contribution in [0.4, 0.5) is 0 Å². The monoisotopic (exact) mass is 269 g/mol. The Morgan fingerprint density at radius 3 is 2.60 bits per heavy atom. The Morgan fingerprint density at radius 2 is 2.00 bits per heavy atom. The standard InChI is InChI=1S/C17H19NO2/c1-4-17(2,11-18)16(19)15-13-8-6-5-7-12(13)9-10-14(15)20-3/h5-10,16,19H,4H2,1-3H3. The first-order valence-corrected chi connectivity index (χ1v) is 6.72. The number of rotatable bonds is 4. The van der Waals surface area contributed by atoms with Crippen molar-refractivity contribution in [3.8, 4) is 11.8 Å². The first-order valence-electron chi connectivity index (χ1n) is 6.72. The van der Waals surface area contributed by atoms with Crippen molar-refractivity contribution in [1.82, 2.24) is 0 Å². The molecule has 0 aliphatic carbocycles. The maximum absolute atomic E-state index is 10.7. The SMILES string of the molecule is CCC(C)(C#N)C(O)c1c(OC)ccc2ccccc12. The van der Waals surface area contributed by atoms with Gasteiger partial charge in [-0.3, -0.25) is 0 Å². The molecule has 0 saturated carbocycles. The second kappa shape index (κ2) is 5.52. The summed E-state index contributed by atoms with van der Waals surface area (Å²) in [4.78, 5) is 0. The highest BCUT2D eigenvalue weighted by Crippen LogP contribution is 2.43. The Hall–Kier alpha value is -2.05. The van der Waals surface area contributed by atoms with Crippen molar-refractivity contribution < 1.29 is 9.84 Å². The lowest BCUT2D eigenvalue weighted by Crippen LogP contribution is -2.23. The van der Waals surface area contributed by atoms with Crippen LogP contribution < -0.4 is 4.74 Å². The number of methoxy groups -OCH3 is 1. The van der Waals surface area contributed by atoms with Gasteiger partial charge in [-0.05, 0) is 30.2 Å². The van der Waals surface area contributed by atoms with Gasteiger partial charge in [0.25, 0.3) is 0 Å². The molecule has 0 spiro atoms. The zero-order valence-corrected chi connectivity index (χ0v) is 12.1. The molecule has 1 N–H and O–H groups in total. The summed E-state index contributed by atoms with van der Waals surface area (Å²) < 4.78 is 5.39. The van der Waals surface area contributed by atoms with E-state index in [1.807, 2.05) is 43.3 Å². The van der Waals surface area contributed by atoms with Gasteiger partial charge in [-0.2, -0.15) is 5.26 Å². The predicted molar refractivity (Wildman–Crippen MR) is 79.5 cm³/mol. The van der Waals surface area contributed by atoms with Crippen molar-refractivity contribution in [1.29, 1.82) is 5.26 Å². The first kappa shape index (κ1) is 14.4. The van der Waals surface area contributed by atoms with Crippen LogP contribution in [0, 0.1) is 16.7 Å². The van der Waals surface area contributed by atoms with Gasteiger partial charge in [-0.25, -0.2) is 0 Å². The summed E-state index contributed by atoms with van der Waals surface area (Å²) in [5, 5.41) is 22.1. The number of ether oxygens (including phenoxy) is 1. The number of aliphatic hydroxyl groups is 1. The van der Waals surface area contributed by atoms with Crippen LogP contribution in [0.1, 0.15) is 31.9 Å². The lowest BCUT2D eigenvalue weighted by molar-refractivity contribution is 0.0712. The number of aliphatic hydroxyl groups excluding tert-OH is 1. The second-order valence-corrected chi connectivity index (χ2v) is 5.19. The smallest absolute Gasteiger partial charge is 0.125 e. The molecule has 0 radical (unpaired) electrons. The Balaban J connectivity index is 2.72. The minimum absolute atomic E-state index is 0.567. The van der Waals surface area contributed by atoms with Crippen LogP contribution in [0.3, 0.4) is 0 Å². The third-order valence-corrected chi connectivity index (χ3v) is 4.02. The van der Waals surface area contributed by atoms with E-state index in [-0.39, 0.29) is 0 Å². The van der Waals surface area contributed by atoms with Crippen LogP contribution in [-0.2, 0) is 0 Å². The van der Waals surface area contributed by atoms with Crippen molar-refractivity contribution in [2.24, 2.45) is 5.41 Å². The van der Waals surface area contributed by atoms with Crippen LogP contribution in [-0.4, -0.2) is 12.2 Å². The van der Waals surface area contributed by atoms with Crippen molar-refractivity contribution in [3.05, 3.63) is 42.0 Å². The maximum atomic E-state index is 10.7. The zero-order valence-electron chi connectivity index (χ0n) is 12.1. The average molecular weight is 269 g/mol. The molecule has 2 unspecified atom stereocenters. The molecule has 2 aromatic carbocycles. The Morgan fingerprint density at radius 1 is 1.30 bits per heavy atom. The van der Waals surface area contributed by atoms with E-state index in [1.165, 1.54) is 0 Å². The van der Waals surface area contributed by atoms with Gasteiger partial charge in [0.05, 0.1) is 18.6 Å². The number of nitrogens with zero attached hydrogens (tertiary/aromatic N) is 1. The summed E-state index contributed by atoms with van der Waals surface area (Å²) in [6, 6.07) is 13.8. The molecule has 0 aliphatic heterocycles. The zero-order chi connectivity index (χ0) is 14.8. The highest BCUT2D eigenvalue weighted by Gasteiger charge is 2.35. The van der Waals surface area contributed by atoms with Crippen LogP contribution in [0.2, 0.25) is 0 Å². The molecule has 2 rings (SSSR count). The highest BCUT2D eigenvalue weighted by atomic mass is 16.5. The van der Waals surface area contributed by atoms with Crippen LogP contribution in [0.15, 0.2) is 36.4 Å². The van der Waals surface area contributed by atoms with Crippen LogP contribution >= 0.6 is 0 Å². The summed E-state index contributed by atoms with van der Waals surface area (Å²) in [5.41, 5.74) is -0.145. The molecular weight excluding hydrogens is 250 g/mol. The lowest BCUT2D eigenvalue weighted by atomic mass is 9.78. The van der Waals surface area contributed by atoms with Crippen LogP contribution in [0.5, 0.6) is 5.75 Å². The van der Waals surface area contributed by atoms with Gasteiger partial charge in [0.1, 0.15) is 11.9 Å². The fourth-order valence-electron chi connectivity index (χ4n) is 2.39.